The lowest BCUT2D eigenvalue weighted by atomic mass is 9.94. The van der Waals surface area contributed by atoms with E-state index in [4.69, 9.17) is 5.73 Å². The zero-order valence-corrected chi connectivity index (χ0v) is 13.5. The van der Waals surface area contributed by atoms with Crippen LogP contribution in [0.5, 0.6) is 0 Å². The zero-order valence-electron chi connectivity index (χ0n) is 12.0. The maximum Gasteiger partial charge on any atom is 0.220 e. The van der Waals surface area contributed by atoms with E-state index in [1.54, 1.807) is 6.07 Å². The second-order valence-corrected chi connectivity index (χ2v) is 6.30. The largest absolute Gasteiger partial charge is 0.352 e. The number of amides is 1. The molecule has 1 aromatic rings. The third kappa shape index (κ3) is 6.01. The van der Waals surface area contributed by atoms with Crippen molar-refractivity contribution < 1.29 is 9.18 Å². The first-order valence-corrected chi connectivity index (χ1v) is 7.62. The van der Waals surface area contributed by atoms with E-state index in [2.05, 4.69) is 35.1 Å². The number of nitrogens with one attached hydrogen (secondary N) is 1. The quantitative estimate of drug-likeness (QED) is 0.797. The summed E-state index contributed by atoms with van der Waals surface area (Å²) in [7, 11) is 0. The minimum Gasteiger partial charge on any atom is -0.352 e. The lowest BCUT2D eigenvalue weighted by Crippen LogP contribution is -2.28. The molecule has 0 aliphatic carbocycles. The van der Waals surface area contributed by atoms with Crippen molar-refractivity contribution in [3.05, 3.63) is 34.1 Å². The van der Waals surface area contributed by atoms with Gasteiger partial charge in [-0.2, -0.15) is 0 Å². The number of hydrogen-bond donors (Lipinski definition) is 2. The van der Waals surface area contributed by atoms with Gasteiger partial charge in [0.25, 0.3) is 0 Å². The van der Waals surface area contributed by atoms with Gasteiger partial charge in [0.1, 0.15) is 5.82 Å². The van der Waals surface area contributed by atoms with Gasteiger partial charge in [-0.25, -0.2) is 4.39 Å². The van der Waals surface area contributed by atoms with Crippen LogP contribution >= 0.6 is 15.9 Å². The first kappa shape index (κ1) is 17.1. The molecule has 20 heavy (non-hydrogen) atoms. The van der Waals surface area contributed by atoms with Gasteiger partial charge in [-0.15, -0.1) is 0 Å². The van der Waals surface area contributed by atoms with Gasteiger partial charge in [0.2, 0.25) is 5.91 Å². The topological polar surface area (TPSA) is 55.1 Å². The van der Waals surface area contributed by atoms with Crippen LogP contribution in [0.4, 0.5) is 4.39 Å². The molecule has 0 saturated carbocycles. The molecular weight excluding hydrogens is 323 g/mol. The molecule has 0 aromatic heterocycles. The van der Waals surface area contributed by atoms with Crippen LogP contribution in [0.15, 0.2) is 22.7 Å². The lowest BCUT2D eigenvalue weighted by molar-refractivity contribution is -0.122. The second kappa shape index (κ2) is 8.37. The van der Waals surface area contributed by atoms with Gasteiger partial charge in [-0.3, -0.25) is 4.79 Å². The summed E-state index contributed by atoms with van der Waals surface area (Å²) < 4.78 is 13.9. The highest BCUT2D eigenvalue weighted by molar-refractivity contribution is 9.10. The third-order valence-corrected chi connectivity index (χ3v) is 3.87. The summed E-state index contributed by atoms with van der Waals surface area (Å²) in [4.78, 5) is 11.9. The number of carbonyl (C=O) groups excluding carboxylic acids is 1. The van der Waals surface area contributed by atoms with E-state index in [0.717, 1.165) is 16.5 Å². The smallest absolute Gasteiger partial charge is 0.220 e. The molecule has 0 spiro atoms. The predicted octanol–water partition coefficient (Wildman–Crippen LogP) is 3.22. The molecule has 3 N–H and O–H groups in total. The molecule has 112 valence electrons. The van der Waals surface area contributed by atoms with Crippen LogP contribution in [0.25, 0.3) is 0 Å². The first-order valence-electron chi connectivity index (χ1n) is 6.83. The summed E-state index contributed by atoms with van der Waals surface area (Å²) in [5.74, 6) is 0.369. The number of halogens is 2. The molecule has 0 saturated heterocycles. The van der Waals surface area contributed by atoms with Crippen LogP contribution in [-0.2, 0) is 11.3 Å². The monoisotopic (exact) mass is 344 g/mol. The molecule has 5 heteroatoms. The number of hydrogen-bond acceptors (Lipinski definition) is 2. The van der Waals surface area contributed by atoms with Crippen LogP contribution in [0, 0.1) is 17.7 Å². The van der Waals surface area contributed by atoms with Crippen molar-refractivity contribution in [2.75, 3.05) is 6.54 Å². The summed E-state index contributed by atoms with van der Waals surface area (Å²) in [5, 5.41) is 2.81. The van der Waals surface area contributed by atoms with E-state index >= 15 is 0 Å². The van der Waals surface area contributed by atoms with Crippen molar-refractivity contribution in [1.29, 1.82) is 0 Å². The Labute approximate surface area is 128 Å². The van der Waals surface area contributed by atoms with Gasteiger partial charge >= 0.3 is 0 Å². The van der Waals surface area contributed by atoms with Crippen molar-refractivity contribution in [3.8, 4) is 0 Å². The van der Waals surface area contributed by atoms with E-state index in [1.807, 2.05) is 0 Å². The van der Waals surface area contributed by atoms with Gasteiger partial charge in [0.05, 0.1) is 0 Å². The molecule has 1 rings (SSSR count). The Morgan fingerprint density at radius 3 is 2.75 bits per heavy atom. The molecule has 0 aliphatic heterocycles. The molecular formula is C15H22BrFN2O. The second-order valence-electron chi connectivity index (χ2n) is 5.45. The number of rotatable bonds is 7. The van der Waals surface area contributed by atoms with Gasteiger partial charge in [0, 0.05) is 17.4 Å². The molecule has 0 unspecified atom stereocenters. The molecule has 0 aliphatic rings. The van der Waals surface area contributed by atoms with Crippen LogP contribution in [0.2, 0.25) is 0 Å². The summed E-state index contributed by atoms with van der Waals surface area (Å²) >= 11 is 3.34. The SMILES string of the molecule is CC(C)C[C@H](CN)CC(=O)NCc1cc(F)ccc1Br. The molecule has 1 aromatic carbocycles. The Balaban J connectivity index is 2.48. The van der Waals surface area contributed by atoms with E-state index < -0.39 is 0 Å². The van der Waals surface area contributed by atoms with E-state index in [1.165, 1.54) is 12.1 Å². The van der Waals surface area contributed by atoms with Gasteiger partial charge in [-0.05, 0) is 48.6 Å². The van der Waals surface area contributed by atoms with Gasteiger partial charge < -0.3 is 11.1 Å². The summed E-state index contributed by atoms with van der Waals surface area (Å²) in [6.07, 6.45) is 1.36. The Hall–Kier alpha value is -0.940. The summed E-state index contributed by atoms with van der Waals surface area (Å²) in [6, 6.07) is 4.43. The molecule has 0 heterocycles. The zero-order chi connectivity index (χ0) is 15.1. The fourth-order valence-electron chi connectivity index (χ4n) is 2.14. The van der Waals surface area contributed by atoms with Gasteiger partial charge in [-0.1, -0.05) is 29.8 Å². The lowest BCUT2D eigenvalue weighted by Gasteiger charge is -2.16. The molecule has 3 nitrogen and oxygen atoms in total. The van der Waals surface area contributed by atoms with Crippen LogP contribution in [-0.4, -0.2) is 12.5 Å². The number of benzene rings is 1. The standard InChI is InChI=1S/C15H22BrFN2O/c1-10(2)5-11(8-18)6-15(20)19-9-12-7-13(17)3-4-14(12)16/h3-4,7,10-11H,5-6,8-9,18H2,1-2H3,(H,19,20)/t11-/m0/s1. The minimum atomic E-state index is -0.308. The van der Waals surface area contributed by atoms with Crippen molar-refractivity contribution in [2.24, 2.45) is 17.6 Å². The van der Waals surface area contributed by atoms with E-state index in [-0.39, 0.29) is 17.6 Å². The average Bonchev–Trinajstić information content (AvgIpc) is 2.38. The van der Waals surface area contributed by atoms with Crippen molar-refractivity contribution in [2.45, 2.75) is 33.2 Å². The maximum absolute atomic E-state index is 13.1. The average molecular weight is 345 g/mol. The fourth-order valence-corrected chi connectivity index (χ4v) is 2.52. The van der Waals surface area contributed by atoms with Crippen molar-refractivity contribution >= 4 is 21.8 Å². The van der Waals surface area contributed by atoms with Crippen LogP contribution < -0.4 is 11.1 Å². The van der Waals surface area contributed by atoms with E-state index in [9.17, 15) is 9.18 Å². The third-order valence-electron chi connectivity index (χ3n) is 3.10. The normalized spacial score (nSPS) is 12.5. The van der Waals surface area contributed by atoms with Crippen molar-refractivity contribution in [3.63, 3.8) is 0 Å². The minimum absolute atomic E-state index is 0.0442. The molecule has 1 atom stereocenters. The Morgan fingerprint density at radius 1 is 1.45 bits per heavy atom. The predicted molar refractivity (Wildman–Crippen MR) is 82.6 cm³/mol. The molecule has 1 amide bonds. The molecule has 0 radical (unpaired) electrons. The number of nitrogens with two attached hydrogens (primary N) is 1. The fraction of sp³-hybridized carbons (Fsp3) is 0.533. The Bertz CT molecular complexity index is 451. The highest BCUT2D eigenvalue weighted by Crippen LogP contribution is 2.18. The molecule has 0 bridgehead atoms. The van der Waals surface area contributed by atoms with Crippen molar-refractivity contribution in [1.82, 2.24) is 5.32 Å². The first-order chi connectivity index (χ1) is 9.42. The molecule has 0 fully saturated rings. The van der Waals surface area contributed by atoms with Crippen LogP contribution in [0.3, 0.4) is 0 Å². The Kier molecular flexibility index (Phi) is 7.16. The van der Waals surface area contributed by atoms with Crippen LogP contribution in [0.1, 0.15) is 32.3 Å². The summed E-state index contributed by atoms with van der Waals surface area (Å²) in [6.45, 7) is 5.06. The number of carbonyl (C=O) groups is 1. The Morgan fingerprint density at radius 2 is 2.15 bits per heavy atom. The maximum atomic E-state index is 13.1. The highest BCUT2D eigenvalue weighted by atomic mass is 79.9. The highest BCUT2D eigenvalue weighted by Gasteiger charge is 2.14. The van der Waals surface area contributed by atoms with Gasteiger partial charge in [0.15, 0.2) is 0 Å². The van der Waals surface area contributed by atoms with E-state index in [0.29, 0.717) is 25.4 Å². The summed E-state index contributed by atoms with van der Waals surface area (Å²) in [5.41, 5.74) is 6.41.